The van der Waals surface area contributed by atoms with Crippen LogP contribution in [0.25, 0.3) is 42.2 Å². The van der Waals surface area contributed by atoms with Gasteiger partial charge in [-0.15, -0.1) is 22.7 Å². The average Bonchev–Trinajstić information content (AvgIpc) is 3.81. The number of hydrogen-bond acceptors (Lipinski definition) is 8. The number of benzene rings is 2. The number of esters is 1. The molecule has 0 saturated carbocycles. The summed E-state index contributed by atoms with van der Waals surface area (Å²) in [4.78, 5) is 38.1. The van der Waals surface area contributed by atoms with Gasteiger partial charge in [0.1, 0.15) is 15.9 Å². The molecular weight excluding hydrogens is 724 g/mol. The van der Waals surface area contributed by atoms with E-state index in [1.807, 2.05) is 85.6 Å². The molecule has 0 N–H and O–H groups in total. The van der Waals surface area contributed by atoms with E-state index in [2.05, 4.69) is 32.2 Å². The van der Waals surface area contributed by atoms with Crippen molar-refractivity contribution in [2.75, 3.05) is 7.11 Å². The lowest BCUT2D eigenvalue weighted by atomic mass is 10.1. The molecule has 6 heterocycles. The van der Waals surface area contributed by atoms with Crippen LogP contribution >= 0.6 is 38.6 Å². The number of thiophene rings is 2. The number of ether oxygens (including phenoxy) is 1. The van der Waals surface area contributed by atoms with Crippen LogP contribution in [0.1, 0.15) is 31.9 Å². The Morgan fingerprint density at radius 1 is 0.755 bits per heavy atom. The van der Waals surface area contributed by atoms with Gasteiger partial charge in [0.05, 0.1) is 56.8 Å². The summed E-state index contributed by atoms with van der Waals surface area (Å²) in [6.07, 6.45) is 3.50. The first-order valence-electron chi connectivity index (χ1n) is 15.3. The van der Waals surface area contributed by atoms with Crippen LogP contribution in [0.4, 0.5) is 0 Å². The quantitative estimate of drug-likeness (QED) is 0.173. The summed E-state index contributed by atoms with van der Waals surface area (Å²) in [5, 5.41) is 10.4. The molecule has 248 valence electrons. The highest BCUT2D eigenvalue weighted by Gasteiger charge is 2.20. The van der Waals surface area contributed by atoms with Gasteiger partial charge in [-0.05, 0) is 53.0 Å². The number of methoxy groups -OCH3 is 1. The van der Waals surface area contributed by atoms with Gasteiger partial charge in [-0.3, -0.25) is 9.59 Å². The Balaban J connectivity index is 0.000000155. The highest BCUT2D eigenvalue weighted by molar-refractivity contribution is 9.11. The first-order chi connectivity index (χ1) is 23.5. The van der Waals surface area contributed by atoms with Crippen molar-refractivity contribution in [1.82, 2.24) is 28.7 Å². The summed E-state index contributed by atoms with van der Waals surface area (Å²) in [6.45, 7) is 4.97. The molecule has 0 aliphatic heterocycles. The van der Waals surface area contributed by atoms with Crippen LogP contribution in [-0.4, -0.2) is 41.8 Å². The molecule has 0 radical (unpaired) electrons. The van der Waals surface area contributed by atoms with E-state index in [-0.39, 0.29) is 17.1 Å². The van der Waals surface area contributed by atoms with Gasteiger partial charge in [-0.25, -0.2) is 14.2 Å². The Morgan fingerprint density at radius 2 is 1.24 bits per heavy atom. The molecule has 6 aromatic heterocycles. The highest BCUT2D eigenvalue weighted by Crippen LogP contribution is 2.36. The maximum atomic E-state index is 13.0. The SMILES string of the molecule is COC(=O)c1cc2c(s1)c1cnn(Cc3cccc(C)c3)c(=O)c1n2C.Cc1cccc(Cn2ncc3c4sc(Br)cc4n(C)c3c2=O)c1. The van der Waals surface area contributed by atoms with Gasteiger partial charge in [0.25, 0.3) is 11.1 Å². The maximum Gasteiger partial charge on any atom is 0.348 e. The lowest BCUT2D eigenvalue weighted by Gasteiger charge is -2.06. The van der Waals surface area contributed by atoms with Gasteiger partial charge in [-0.2, -0.15) is 10.2 Å². The third-order valence-electron chi connectivity index (χ3n) is 8.53. The number of fused-ring (bicyclic) bond motifs is 6. The molecule has 0 unspecified atom stereocenters. The van der Waals surface area contributed by atoms with E-state index in [0.29, 0.717) is 29.0 Å². The van der Waals surface area contributed by atoms with Crippen molar-refractivity contribution in [2.24, 2.45) is 14.1 Å². The zero-order valence-corrected chi connectivity index (χ0v) is 30.6. The summed E-state index contributed by atoms with van der Waals surface area (Å²) in [5.41, 5.74) is 7.43. The third kappa shape index (κ3) is 5.91. The molecule has 0 bridgehead atoms. The molecule has 0 aliphatic carbocycles. The van der Waals surface area contributed by atoms with E-state index in [4.69, 9.17) is 4.74 Å². The van der Waals surface area contributed by atoms with Crippen LogP contribution < -0.4 is 11.1 Å². The lowest BCUT2D eigenvalue weighted by molar-refractivity contribution is 0.0606. The second kappa shape index (κ2) is 12.9. The van der Waals surface area contributed by atoms with Gasteiger partial charge < -0.3 is 13.9 Å². The Kier molecular flexibility index (Phi) is 8.59. The number of halogens is 1. The molecule has 0 atom stereocenters. The first kappa shape index (κ1) is 32.7. The summed E-state index contributed by atoms with van der Waals surface area (Å²) in [7, 11) is 5.12. The van der Waals surface area contributed by atoms with Gasteiger partial charge in [0, 0.05) is 24.9 Å². The predicted octanol–water partition coefficient (Wildman–Crippen LogP) is 7.16. The van der Waals surface area contributed by atoms with Crippen LogP contribution in [0.5, 0.6) is 0 Å². The van der Waals surface area contributed by atoms with Crippen LogP contribution in [0.3, 0.4) is 0 Å². The van der Waals surface area contributed by atoms with Gasteiger partial charge in [-0.1, -0.05) is 59.7 Å². The standard InChI is InChI=1S/C19H17N3O3S.C17H14BrN3OS/c1-11-5-4-6-12(7-11)10-22-18(23)16-13(9-20-22)17-14(21(16)2)8-15(26-17)19(24)25-3;1-10-4-3-5-11(6-10)9-21-17(22)15-12(8-19-21)16-13(20(15)2)7-14(18)23-16/h4-9H,10H2,1-3H3;3-8H,9H2,1-2H3. The van der Waals surface area contributed by atoms with E-state index in [0.717, 1.165) is 51.7 Å². The van der Waals surface area contributed by atoms with E-state index in [9.17, 15) is 14.4 Å². The molecule has 2 aromatic carbocycles. The number of hydrogen-bond donors (Lipinski definition) is 0. The molecule has 8 rings (SSSR count). The van der Waals surface area contributed by atoms with Crippen molar-refractivity contribution in [3.63, 3.8) is 0 Å². The highest BCUT2D eigenvalue weighted by atomic mass is 79.9. The topological polar surface area (TPSA) is 106 Å². The second-order valence-corrected chi connectivity index (χ2v) is 15.4. The van der Waals surface area contributed by atoms with E-state index >= 15 is 0 Å². The van der Waals surface area contributed by atoms with Gasteiger partial charge in [0.15, 0.2) is 0 Å². The van der Waals surface area contributed by atoms with E-state index < -0.39 is 0 Å². The zero-order valence-electron chi connectivity index (χ0n) is 27.4. The molecular formula is C36H31BrN6O4S2. The number of aryl methyl sites for hydroxylation is 4. The normalized spacial score (nSPS) is 11.5. The monoisotopic (exact) mass is 754 g/mol. The van der Waals surface area contributed by atoms with Gasteiger partial charge in [0.2, 0.25) is 0 Å². The summed E-state index contributed by atoms with van der Waals surface area (Å²) in [6, 6.07) is 20.0. The Labute approximate surface area is 296 Å². The second-order valence-electron chi connectivity index (χ2n) is 11.9. The number of aromatic nitrogens is 6. The van der Waals surface area contributed by atoms with Crippen molar-refractivity contribution < 1.29 is 9.53 Å². The van der Waals surface area contributed by atoms with Crippen molar-refractivity contribution >= 4 is 86.8 Å². The van der Waals surface area contributed by atoms with Crippen LogP contribution in [-0.2, 0) is 31.9 Å². The minimum Gasteiger partial charge on any atom is -0.465 e. The Hall–Kier alpha value is -4.85. The first-order valence-corrected chi connectivity index (χ1v) is 17.8. The third-order valence-corrected chi connectivity index (χ3v) is 11.3. The number of carbonyl (C=O) groups is 1. The maximum absolute atomic E-state index is 13.0. The molecule has 49 heavy (non-hydrogen) atoms. The Morgan fingerprint density at radius 3 is 1.73 bits per heavy atom. The number of carbonyl (C=O) groups excluding carboxylic acids is 1. The molecule has 13 heteroatoms. The molecule has 0 aliphatic rings. The summed E-state index contributed by atoms with van der Waals surface area (Å²) >= 11 is 6.46. The fourth-order valence-corrected chi connectivity index (χ4v) is 8.93. The number of rotatable bonds is 5. The predicted molar refractivity (Wildman–Crippen MR) is 200 cm³/mol. The molecule has 0 fully saturated rings. The summed E-state index contributed by atoms with van der Waals surface area (Å²) < 4.78 is 14.6. The van der Waals surface area contributed by atoms with Crippen molar-refractivity contribution in [1.29, 1.82) is 0 Å². The summed E-state index contributed by atoms with van der Waals surface area (Å²) in [5.74, 6) is -0.375. The van der Waals surface area contributed by atoms with Crippen LogP contribution in [0.15, 0.2) is 86.4 Å². The largest absolute Gasteiger partial charge is 0.465 e. The fourth-order valence-electron chi connectivity index (χ4n) is 6.19. The minimum absolute atomic E-state index is 0.0500. The van der Waals surface area contributed by atoms with Crippen molar-refractivity contribution in [3.8, 4) is 0 Å². The van der Waals surface area contributed by atoms with Crippen molar-refractivity contribution in [3.05, 3.63) is 125 Å². The van der Waals surface area contributed by atoms with Crippen molar-refractivity contribution in [2.45, 2.75) is 26.9 Å². The molecule has 0 amide bonds. The Bertz CT molecular complexity index is 2690. The van der Waals surface area contributed by atoms with E-state index in [1.165, 1.54) is 33.4 Å². The molecule has 0 saturated heterocycles. The van der Waals surface area contributed by atoms with E-state index in [1.54, 1.807) is 29.8 Å². The molecule has 10 nitrogen and oxygen atoms in total. The molecule has 8 aromatic rings. The van der Waals surface area contributed by atoms with Crippen LogP contribution in [0.2, 0.25) is 0 Å². The average molecular weight is 756 g/mol. The lowest BCUT2D eigenvalue weighted by Crippen LogP contribution is -2.24. The zero-order chi connectivity index (χ0) is 34.6. The minimum atomic E-state index is -0.375. The van der Waals surface area contributed by atoms with Gasteiger partial charge >= 0.3 is 5.97 Å². The number of nitrogens with zero attached hydrogens (tertiary/aromatic N) is 6. The van der Waals surface area contributed by atoms with Crippen LogP contribution in [0, 0.1) is 13.8 Å². The smallest absolute Gasteiger partial charge is 0.348 e. The molecule has 0 spiro atoms. The fraction of sp³-hybridized carbons (Fsp3) is 0.194.